The van der Waals surface area contributed by atoms with Gasteiger partial charge in [0.15, 0.2) is 0 Å². The first-order valence-corrected chi connectivity index (χ1v) is 8.41. The first-order chi connectivity index (χ1) is 10.2. The van der Waals surface area contributed by atoms with Crippen LogP contribution < -0.4 is 5.32 Å². The van der Waals surface area contributed by atoms with Crippen molar-refractivity contribution in [1.29, 1.82) is 0 Å². The molecular weight excluding hydrogens is 266 g/mol. The number of amides is 2. The van der Waals surface area contributed by atoms with Gasteiger partial charge in [-0.2, -0.15) is 0 Å². The summed E-state index contributed by atoms with van der Waals surface area (Å²) < 4.78 is 0. The van der Waals surface area contributed by atoms with Crippen LogP contribution in [0.15, 0.2) is 0 Å². The SMILES string of the molecule is CNCC(=O)N1CCN(C(=O)CCC2CCCCC2)CC1. The molecule has 1 saturated carbocycles. The van der Waals surface area contributed by atoms with Gasteiger partial charge in [-0.25, -0.2) is 0 Å². The molecule has 1 saturated heterocycles. The summed E-state index contributed by atoms with van der Waals surface area (Å²) >= 11 is 0. The highest BCUT2D eigenvalue weighted by atomic mass is 16.2. The minimum atomic E-state index is 0.131. The van der Waals surface area contributed by atoms with E-state index in [4.69, 9.17) is 0 Å². The van der Waals surface area contributed by atoms with E-state index in [9.17, 15) is 9.59 Å². The van der Waals surface area contributed by atoms with Crippen molar-refractivity contribution in [3.05, 3.63) is 0 Å². The fourth-order valence-electron chi connectivity index (χ4n) is 3.43. The van der Waals surface area contributed by atoms with E-state index in [1.165, 1.54) is 32.1 Å². The van der Waals surface area contributed by atoms with E-state index < -0.39 is 0 Å². The van der Waals surface area contributed by atoms with Gasteiger partial charge >= 0.3 is 0 Å². The summed E-state index contributed by atoms with van der Waals surface area (Å²) in [6.45, 7) is 3.12. The maximum absolute atomic E-state index is 12.3. The van der Waals surface area contributed by atoms with E-state index in [-0.39, 0.29) is 11.8 Å². The van der Waals surface area contributed by atoms with Crippen LogP contribution in [0.4, 0.5) is 0 Å². The van der Waals surface area contributed by atoms with Gasteiger partial charge in [-0.15, -0.1) is 0 Å². The molecule has 0 aromatic carbocycles. The molecular formula is C16H29N3O2. The molecule has 0 atom stereocenters. The molecule has 0 aromatic heterocycles. The molecule has 2 rings (SSSR count). The highest BCUT2D eigenvalue weighted by Crippen LogP contribution is 2.27. The van der Waals surface area contributed by atoms with Crippen LogP contribution in [0.5, 0.6) is 0 Å². The van der Waals surface area contributed by atoms with Crippen LogP contribution in [0.1, 0.15) is 44.9 Å². The number of carbonyl (C=O) groups excluding carboxylic acids is 2. The zero-order valence-corrected chi connectivity index (χ0v) is 13.3. The third-order valence-electron chi connectivity index (χ3n) is 4.80. The van der Waals surface area contributed by atoms with E-state index in [0.717, 1.165) is 12.3 Å². The molecule has 1 N–H and O–H groups in total. The van der Waals surface area contributed by atoms with Crippen molar-refractivity contribution in [2.24, 2.45) is 5.92 Å². The third-order valence-corrected chi connectivity index (χ3v) is 4.80. The standard InChI is InChI=1S/C16H29N3O2/c1-17-13-16(21)19-11-9-18(10-12-19)15(20)8-7-14-5-3-2-4-6-14/h14,17H,2-13H2,1H3. The lowest BCUT2D eigenvalue weighted by Crippen LogP contribution is -2.52. The molecule has 0 aromatic rings. The van der Waals surface area contributed by atoms with Crippen molar-refractivity contribution in [2.45, 2.75) is 44.9 Å². The molecule has 0 radical (unpaired) electrons. The first kappa shape index (κ1) is 16.3. The summed E-state index contributed by atoms with van der Waals surface area (Å²) in [5.41, 5.74) is 0. The molecule has 1 aliphatic heterocycles. The normalized spacial score (nSPS) is 20.6. The quantitative estimate of drug-likeness (QED) is 0.830. The van der Waals surface area contributed by atoms with Gasteiger partial charge in [0.2, 0.25) is 11.8 Å². The Morgan fingerprint density at radius 2 is 1.52 bits per heavy atom. The number of rotatable bonds is 5. The van der Waals surface area contributed by atoms with Gasteiger partial charge in [0.1, 0.15) is 0 Å². The Balaban J connectivity index is 1.66. The molecule has 5 nitrogen and oxygen atoms in total. The van der Waals surface area contributed by atoms with Crippen molar-refractivity contribution in [2.75, 3.05) is 39.8 Å². The van der Waals surface area contributed by atoms with Crippen LogP contribution in [0.2, 0.25) is 0 Å². The number of likely N-dealkylation sites (N-methyl/N-ethyl adjacent to an activating group) is 1. The van der Waals surface area contributed by atoms with Crippen molar-refractivity contribution >= 4 is 11.8 Å². The van der Waals surface area contributed by atoms with Crippen LogP contribution in [-0.2, 0) is 9.59 Å². The van der Waals surface area contributed by atoms with Crippen LogP contribution in [0.25, 0.3) is 0 Å². The summed E-state index contributed by atoms with van der Waals surface area (Å²) in [6.07, 6.45) is 8.40. The molecule has 1 aliphatic carbocycles. The molecule has 2 aliphatic rings. The molecule has 0 unspecified atom stereocenters. The second-order valence-corrected chi connectivity index (χ2v) is 6.33. The minimum Gasteiger partial charge on any atom is -0.339 e. The van der Waals surface area contributed by atoms with Gasteiger partial charge in [0.25, 0.3) is 0 Å². The lowest BCUT2D eigenvalue weighted by Gasteiger charge is -2.35. The highest BCUT2D eigenvalue weighted by Gasteiger charge is 2.24. The number of hydrogen-bond acceptors (Lipinski definition) is 3. The van der Waals surface area contributed by atoms with Crippen molar-refractivity contribution in [3.63, 3.8) is 0 Å². The van der Waals surface area contributed by atoms with Crippen molar-refractivity contribution in [3.8, 4) is 0 Å². The van der Waals surface area contributed by atoms with Crippen LogP contribution >= 0.6 is 0 Å². The van der Waals surface area contributed by atoms with Gasteiger partial charge in [0, 0.05) is 32.6 Å². The highest BCUT2D eigenvalue weighted by molar-refractivity contribution is 5.79. The van der Waals surface area contributed by atoms with Crippen LogP contribution in [-0.4, -0.2) is 61.4 Å². The number of piperazine rings is 1. The third kappa shape index (κ3) is 4.99. The van der Waals surface area contributed by atoms with Gasteiger partial charge < -0.3 is 15.1 Å². The van der Waals surface area contributed by atoms with Crippen molar-refractivity contribution in [1.82, 2.24) is 15.1 Å². The number of carbonyl (C=O) groups is 2. The average Bonchev–Trinajstić information content (AvgIpc) is 2.54. The summed E-state index contributed by atoms with van der Waals surface area (Å²) in [5, 5.41) is 2.88. The first-order valence-electron chi connectivity index (χ1n) is 8.41. The fraction of sp³-hybridized carbons (Fsp3) is 0.875. The maximum Gasteiger partial charge on any atom is 0.236 e. The lowest BCUT2D eigenvalue weighted by atomic mass is 9.86. The summed E-state index contributed by atoms with van der Waals surface area (Å²) in [7, 11) is 1.78. The number of nitrogens with zero attached hydrogens (tertiary/aromatic N) is 2. The molecule has 21 heavy (non-hydrogen) atoms. The van der Waals surface area contributed by atoms with E-state index >= 15 is 0 Å². The predicted octanol–water partition coefficient (Wildman–Crippen LogP) is 1.24. The Hall–Kier alpha value is -1.10. The fourth-order valence-corrected chi connectivity index (χ4v) is 3.43. The van der Waals surface area contributed by atoms with Gasteiger partial charge in [0.05, 0.1) is 6.54 Å². The van der Waals surface area contributed by atoms with Crippen molar-refractivity contribution < 1.29 is 9.59 Å². The summed E-state index contributed by atoms with van der Waals surface area (Å²) in [4.78, 5) is 27.8. The Morgan fingerprint density at radius 3 is 2.10 bits per heavy atom. The van der Waals surface area contributed by atoms with E-state index in [0.29, 0.717) is 39.1 Å². The lowest BCUT2D eigenvalue weighted by molar-refractivity contribution is -0.139. The Bertz CT molecular complexity index is 345. The smallest absolute Gasteiger partial charge is 0.236 e. The van der Waals surface area contributed by atoms with E-state index in [1.807, 2.05) is 9.80 Å². The monoisotopic (exact) mass is 295 g/mol. The molecule has 0 spiro atoms. The zero-order chi connectivity index (χ0) is 15.1. The Morgan fingerprint density at radius 1 is 0.952 bits per heavy atom. The molecule has 0 bridgehead atoms. The van der Waals surface area contributed by atoms with Crippen LogP contribution in [0.3, 0.4) is 0 Å². The number of nitrogens with one attached hydrogen (secondary N) is 1. The second kappa shape index (κ2) is 8.37. The zero-order valence-electron chi connectivity index (χ0n) is 13.3. The van der Waals surface area contributed by atoms with Gasteiger partial charge in [-0.05, 0) is 19.4 Å². The van der Waals surface area contributed by atoms with E-state index in [2.05, 4.69) is 5.32 Å². The molecule has 2 amide bonds. The minimum absolute atomic E-state index is 0.131. The Kier molecular flexibility index (Phi) is 6.49. The molecule has 5 heteroatoms. The maximum atomic E-state index is 12.3. The molecule has 120 valence electrons. The molecule has 1 heterocycles. The van der Waals surface area contributed by atoms with Crippen LogP contribution in [0, 0.1) is 5.92 Å². The number of hydrogen-bond donors (Lipinski definition) is 1. The summed E-state index contributed by atoms with van der Waals surface area (Å²) in [6, 6.07) is 0. The average molecular weight is 295 g/mol. The largest absolute Gasteiger partial charge is 0.339 e. The van der Waals surface area contributed by atoms with Gasteiger partial charge in [-0.3, -0.25) is 9.59 Å². The topological polar surface area (TPSA) is 52.7 Å². The predicted molar refractivity (Wildman–Crippen MR) is 82.9 cm³/mol. The Labute approximate surface area is 128 Å². The summed E-state index contributed by atoms with van der Waals surface area (Å²) in [5.74, 6) is 1.18. The second-order valence-electron chi connectivity index (χ2n) is 6.33. The van der Waals surface area contributed by atoms with Gasteiger partial charge in [-0.1, -0.05) is 32.1 Å². The molecule has 2 fully saturated rings. The van der Waals surface area contributed by atoms with E-state index in [1.54, 1.807) is 7.05 Å².